The molecule has 0 spiro atoms. The lowest BCUT2D eigenvalue weighted by Gasteiger charge is -2.10. The first-order valence-corrected chi connectivity index (χ1v) is 8.02. The summed E-state index contributed by atoms with van der Waals surface area (Å²) in [6.45, 7) is 6.56. The molecule has 2 heterocycles. The van der Waals surface area contributed by atoms with Gasteiger partial charge in [0.15, 0.2) is 5.82 Å². The summed E-state index contributed by atoms with van der Waals surface area (Å²) in [7, 11) is 0. The average Bonchev–Trinajstić information content (AvgIpc) is 2.92. The number of rotatable bonds is 5. The summed E-state index contributed by atoms with van der Waals surface area (Å²) < 4.78 is 4.07. The van der Waals surface area contributed by atoms with Gasteiger partial charge in [-0.15, -0.1) is 0 Å². The van der Waals surface area contributed by atoms with E-state index >= 15 is 0 Å². The first-order valence-electron chi connectivity index (χ1n) is 6.30. The molecule has 0 aromatic carbocycles. The van der Waals surface area contributed by atoms with E-state index in [2.05, 4.69) is 32.7 Å². The predicted octanol–water partition coefficient (Wildman–Crippen LogP) is 2.85. The molecule has 0 fully saturated rings. The van der Waals surface area contributed by atoms with Crippen molar-refractivity contribution in [1.29, 1.82) is 0 Å². The van der Waals surface area contributed by atoms with Crippen LogP contribution in [-0.4, -0.2) is 16.3 Å². The number of nitrogens with zero attached hydrogens (tertiary/aromatic N) is 1. The summed E-state index contributed by atoms with van der Waals surface area (Å²) >= 11 is 2.89. The van der Waals surface area contributed by atoms with Crippen molar-refractivity contribution in [2.24, 2.45) is 0 Å². The maximum atomic E-state index is 12.1. The van der Waals surface area contributed by atoms with E-state index in [0.29, 0.717) is 17.1 Å². The maximum absolute atomic E-state index is 12.1. The molecule has 5 nitrogen and oxygen atoms in total. The van der Waals surface area contributed by atoms with Crippen LogP contribution in [-0.2, 0) is 6.54 Å². The normalized spacial score (nSPS) is 10.8. The Bertz CT molecular complexity index is 603. The number of carbonyl (C=O) groups excluding carboxylic acids is 1. The minimum Gasteiger partial charge on any atom is -0.382 e. The van der Waals surface area contributed by atoms with Gasteiger partial charge in [0.05, 0.1) is 0 Å². The molecule has 0 unspecified atom stereocenters. The van der Waals surface area contributed by atoms with Crippen LogP contribution in [0.3, 0.4) is 0 Å². The minimum atomic E-state index is -0.184. The van der Waals surface area contributed by atoms with Gasteiger partial charge in [-0.05, 0) is 54.2 Å². The van der Waals surface area contributed by atoms with Crippen LogP contribution in [0.15, 0.2) is 10.8 Å². The van der Waals surface area contributed by atoms with Gasteiger partial charge in [0.2, 0.25) is 0 Å². The van der Waals surface area contributed by atoms with Gasteiger partial charge in [-0.2, -0.15) is 15.7 Å². The molecule has 0 saturated heterocycles. The molecule has 2 rings (SSSR count). The molecule has 7 heteroatoms. The Labute approximate surface area is 126 Å². The highest BCUT2D eigenvalue weighted by Gasteiger charge is 2.19. The van der Waals surface area contributed by atoms with Crippen molar-refractivity contribution in [2.45, 2.75) is 33.4 Å². The summed E-state index contributed by atoms with van der Waals surface area (Å²) in [6.07, 6.45) is 0. The number of thiophene rings is 1. The molecule has 108 valence electrons. The van der Waals surface area contributed by atoms with E-state index in [-0.39, 0.29) is 17.8 Å². The third-order valence-corrected chi connectivity index (χ3v) is 4.50. The lowest BCUT2D eigenvalue weighted by atomic mass is 10.2. The van der Waals surface area contributed by atoms with E-state index < -0.39 is 0 Å². The van der Waals surface area contributed by atoms with E-state index in [9.17, 15) is 4.79 Å². The summed E-state index contributed by atoms with van der Waals surface area (Å²) in [5.74, 6) is 0.0912. The van der Waals surface area contributed by atoms with E-state index in [1.807, 2.05) is 13.8 Å². The van der Waals surface area contributed by atoms with Gasteiger partial charge in [0, 0.05) is 12.6 Å². The Morgan fingerprint density at radius 3 is 2.80 bits per heavy atom. The molecule has 0 bridgehead atoms. The highest BCUT2D eigenvalue weighted by molar-refractivity contribution is 7.11. The second-order valence-corrected chi connectivity index (χ2v) is 6.35. The first kappa shape index (κ1) is 14.8. The zero-order valence-corrected chi connectivity index (χ0v) is 13.3. The van der Waals surface area contributed by atoms with Crippen LogP contribution in [0.1, 0.15) is 35.3 Å². The van der Waals surface area contributed by atoms with Crippen molar-refractivity contribution in [2.75, 3.05) is 11.1 Å². The number of carbonyl (C=O) groups is 1. The number of nitrogens with two attached hydrogens (primary N) is 1. The average molecular weight is 310 g/mol. The Hall–Kier alpha value is -1.60. The molecule has 0 radical (unpaired) electrons. The quantitative estimate of drug-likeness (QED) is 0.793. The van der Waals surface area contributed by atoms with Gasteiger partial charge in [0.25, 0.3) is 5.91 Å². The highest BCUT2D eigenvalue weighted by atomic mass is 32.1. The van der Waals surface area contributed by atoms with E-state index in [4.69, 9.17) is 5.73 Å². The zero-order chi connectivity index (χ0) is 14.7. The number of hydrogen-bond acceptors (Lipinski definition) is 6. The fourth-order valence-corrected chi connectivity index (χ4v) is 3.28. The number of amides is 1. The van der Waals surface area contributed by atoms with Gasteiger partial charge in [0.1, 0.15) is 10.6 Å². The molecular formula is C13H18N4OS2. The molecule has 0 aliphatic rings. The molecule has 20 heavy (non-hydrogen) atoms. The van der Waals surface area contributed by atoms with Crippen molar-refractivity contribution >= 4 is 39.6 Å². The smallest absolute Gasteiger partial charge is 0.258 e. The molecule has 0 atom stereocenters. The zero-order valence-electron chi connectivity index (χ0n) is 11.7. The lowest BCUT2D eigenvalue weighted by molar-refractivity contribution is 0.0945. The standard InChI is InChI=1S/C13H18N4OS2/c1-7(2)16-12(18)10-11(14)17-20-13(10)15-4-9-6-19-5-8(9)3/h5-7,15H,4H2,1-3H3,(H2,14,17)(H,16,18). The molecule has 2 aromatic heterocycles. The molecule has 1 amide bonds. The van der Waals surface area contributed by atoms with Gasteiger partial charge < -0.3 is 16.4 Å². The summed E-state index contributed by atoms with van der Waals surface area (Å²) in [5, 5.41) is 11.0. The van der Waals surface area contributed by atoms with Crippen molar-refractivity contribution in [3.8, 4) is 0 Å². The fraction of sp³-hybridized carbons (Fsp3) is 0.385. The van der Waals surface area contributed by atoms with Gasteiger partial charge in [-0.25, -0.2) is 0 Å². The van der Waals surface area contributed by atoms with Crippen LogP contribution >= 0.6 is 22.9 Å². The molecule has 0 aliphatic carbocycles. The number of nitrogen functional groups attached to an aromatic ring is 1. The van der Waals surface area contributed by atoms with Crippen molar-refractivity contribution in [3.63, 3.8) is 0 Å². The Balaban J connectivity index is 2.13. The second-order valence-electron chi connectivity index (χ2n) is 4.83. The predicted molar refractivity (Wildman–Crippen MR) is 85.5 cm³/mol. The largest absolute Gasteiger partial charge is 0.382 e. The van der Waals surface area contributed by atoms with E-state index in [1.165, 1.54) is 22.7 Å². The van der Waals surface area contributed by atoms with Crippen LogP contribution in [0.5, 0.6) is 0 Å². The molecule has 4 N–H and O–H groups in total. The van der Waals surface area contributed by atoms with Crippen LogP contribution in [0, 0.1) is 6.92 Å². The SMILES string of the molecule is Cc1cscc1CNc1snc(N)c1C(=O)NC(C)C. The van der Waals surface area contributed by atoms with Gasteiger partial charge in [-0.3, -0.25) is 4.79 Å². The number of aromatic nitrogens is 1. The van der Waals surface area contributed by atoms with Crippen molar-refractivity contribution in [1.82, 2.24) is 9.69 Å². The second kappa shape index (κ2) is 6.23. The van der Waals surface area contributed by atoms with E-state index in [1.54, 1.807) is 11.3 Å². The summed E-state index contributed by atoms with van der Waals surface area (Å²) in [4.78, 5) is 12.1. The number of aryl methyl sites for hydroxylation is 1. The molecule has 2 aromatic rings. The van der Waals surface area contributed by atoms with Crippen molar-refractivity contribution < 1.29 is 4.79 Å². The minimum absolute atomic E-state index is 0.0637. The van der Waals surface area contributed by atoms with Crippen LogP contribution in [0.2, 0.25) is 0 Å². The fourth-order valence-electron chi connectivity index (χ4n) is 1.72. The summed E-state index contributed by atoms with van der Waals surface area (Å²) in [6, 6.07) is 0.0637. The number of nitrogens with one attached hydrogen (secondary N) is 2. The molecular weight excluding hydrogens is 292 g/mol. The molecule has 0 aliphatic heterocycles. The molecule has 0 saturated carbocycles. The van der Waals surface area contributed by atoms with Crippen molar-refractivity contribution in [3.05, 3.63) is 27.5 Å². The Morgan fingerprint density at radius 2 is 2.20 bits per heavy atom. The monoisotopic (exact) mass is 310 g/mol. The van der Waals surface area contributed by atoms with Crippen LogP contribution < -0.4 is 16.4 Å². The first-order chi connectivity index (χ1) is 9.49. The number of hydrogen-bond donors (Lipinski definition) is 3. The topological polar surface area (TPSA) is 80.0 Å². The third kappa shape index (κ3) is 3.29. The van der Waals surface area contributed by atoms with Crippen LogP contribution in [0.25, 0.3) is 0 Å². The summed E-state index contributed by atoms with van der Waals surface area (Å²) in [5.41, 5.74) is 8.70. The maximum Gasteiger partial charge on any atom is 0.258 e. The Morgan fingerprint density at radius 1 is 1.45 bits per heavy atom. The number of anilines is 2. The van der Waals surface area contributed by atoms with E-state index in [0.717, 1.165) is 0 Å². The highest BCUT2D eigenvalue weighted by Crippen LogP contribution is 2.28. The van der Waals surface area contributed by atoms with Gasteiger partial charge >= 0.3 is 0 Å². The third-order valence-electron chi connectivity index (χ3n) is 2.77. The Kier molecular flexibility index (Phi) is 4.61. The lowest BCUT2D eigenvalue weighted by Crippen LogP contribution is -2.30. The van der Waals surface area contributed by atoms with Gasteiger partial charge in [-0.1, -0.05) is 0 Å². The van der Waals surface area contributed by atoms with Crippen LogP contribution in [0.4, 0.5) is 10.8 Å².